The molecule has 1 aromatic carbocycles. The summed E-state index contributed by atoms with van der Waals surface area (Å²) in [5, 5.41) is 12.1. The molecule has 1 aromatic rings. The van der Waals surface area contributed by atoms with E-state index in [1.807, 2.05) is 37.3 Å². The Kier molecular flexibility index (Phi) is 6.76. The number of hydrogen-bond donors (Lipinski definition) is 1. The van der Waals surface area contributed by atoms with Crippen molar-refractivity contribution in [1.82, 2.24) is 5.32 Å². The van der Waals surface area contributed by atoms with Crippen molar-refractivity contribution in [3.63, 3.8) is 0 Å². The zero-order chi connectivity index (χ0) is 18.2. The second-order valence-corrected chi connectivity index (χ2v) is 6.59. The summed E-state index contributed by atoms with van der Waals surface area (Å²) in [5.41, 5.74) is 1.70. The van der Waals surface area contributed by atoms with E-state index in [1.165, 1.54) is 12.5 Å². The minimum absolute atomic E-state index is 0.123. The van der Waals surface area contributed by atoms with Crippen LogP contribution in [0.4, 0.5) is 0 Å². The molecule has 5 nitrogen and oxygen atoms in total. The van der Waals surface area contributed by atoms with E-state index in [4.69, 9.17) is 10.00 Å². The van der Waals surface area contributed by atoms with Gasteiger partial charge in [-0.15, -0.1) is 0 Å². The van der Waals surface area contributed by atoms with Gasteiger partial charge in [0.1, 0.15) is 11.6 Å². The molecule has 2 rings (SSSR count). The molecule has 1 saturated carbocycles. The Labute approximate surface area is 148 Å². The highest BCUT2D eigenvalue weighted by molar-refractivity contribution is 5.98. The number of nitriles is 1. The number of hydrogen-bond acceptors (Lipinski definition) is 4. The molecule has 1 aliphatic carbocycles. The maximum absolute atomic E-state index is 12.0. The van der Waals surface area contributed by atoms with Crippen LogP contribution >= 0.6 is 0 Å². The smallest absolute Gasteiger partial charge is 0.349 e. The zero-order valence-corrected chi connectivity index (χ0v) is 14.7. The lowest BCUT2D eigenvalue weighted by atomic mass is 9.86. The molecule has 0 saturated heterocycles. The minimum atomic E-state index is -0.782. The molecule has 0 unspecified atom stereocenters. The van der Waals surface area contributed by atoms with E-state index < -0.39 is 5.97 Å². The SMILES string of the molecule is Cc1ccc(/C=C(\C#N)C(=O)OCC(=O)N[C@@H]2CCCC[C@H]2C)cc1. The van der Waals surface area contributed by atoms with Crippen molar-refractivity contribution < 1.29 is 14.3 Å². The van der Waals surface area contributed by atoms with Crippen molar-refractivity contribution in [3.05, 3.63) is 41.0 Å². The van der Waals surface area contributed by atoms with Crippen molar-refractivity contribution in [3.8, 4) is 6.07 Å². The predicted octanol–water partition coefficient (Wildman–Crippen LogP) is 3.14. The van der Waals surface area contributed by atoms with Gasteiger partial charge in [0.25, 0.3) is 5.91 Å². The molecule has 1 fully saturated rings. The van der Waals surface area contributed by atoms with Gasteiger partial charge in [-0.25, -0.2) is 4.79 Å². The Hall–Kier alpha value is -2.61. The summed E-state index contributed by atoms with van der Waals surface area (Å²) in [5.74, 6) is -0.667. The van der Waals surface area contributed by atoms with Gasteiger partial charge >= 0.3 is 5.97 Å². The number of ether oxygens (including phenoxy) is 1. The third kappa shape index (κ3) is 5.75. The van der Waals surface area contributed by atoms with Gasteiger partial charge in [0.2, 0.25) is 0 Å². The van der Waals surface area contributed by atoms with Crippen molar-refractivity contribution in [2.45, 2.75) is 45.6 Å². The molecule has 0 aliphatic heterocycles. The van der Waals surface area contributed by atoms with Crippen LogP contribution in [-0.4, -0.2) is 24.5 Å². The summed E-state index contributed by atoms with van der Waals surface area (Å²) >= 11 is 0. The summed E-state index contributed by atoms with van der Waals surface area (Å²) in [6, 6.07) is 9.39. The van der Waals surface area contributed by atoms with Gasteiger partial charge in [0.15, 0.2) is 6.61 Å². The fourth-order valence-electron chi connectivity index (χ4n) is 2.95. The fourth-order valence-corrected chi connectivity index (χ4v) is 2.95. The van der Waals surface area contributed by atoms with E-state index >= 15 is 0 Å². The third-order valence-corrected chi connectivity index (χ3v) is 4.52. The van der Waals surface area contributed by atoms with Crippen molar-refractivity contribution in [1.29, 1.82) is 5.26 Å². The largest absolute Gasteiger partial charge is 0.451 e. The number of aryl methyl sites for hydroxylation is 1. The number of benzene rings is 1. The van der Waals surface area contributed by atoms with Gasteiger partial charge in [-0.2, -0.15) is 5.26 Å². The normalized spacial score (nSPS) is 20.4. The van der Waals surface area contributed by atoms with Crippen LogP contribution in [0.2, 0.25) is 0 Å². The Morgan fingerprint density at radius 2 is 1.96 bits per heavy atom. The molecule has 0 heterocycles. The Bertz CT molecular complexity index is 686. The number of carbonyl (C=O) groups excluding carboxylic acids is 2. The molecule has 25 heavy (non-hydrogen) atoms. The number of amides is 1. The van der Waals surface area contributed by atoms with Gasteiger partial charge < -0.3 is 10.1 Å². The van der Waals surface area contributed by atoms with Crippen LogP contribution in [0.3, 0.4) is 0 Å². The molecule has 0 aromatic heterocycles. The Morgan fingerprint density at radius 3 is 2.60 bits per heavy atom. The lowest BCUT2D eigenvalue weighted by molar-refractivity contribution is -0.144. The molecule has 0 radical (unpaired) electrons. The molecule has 1 aliphatic rings. The van der Waals surface area contributed by atoms with Crippen molar-refractivity contribution in [2.75, 3.05) is 6.61 Å². The number of esters is 1. The second kappa shape index (κ2) is 9.03. The maximum Gasteiger partial charge on any atom is 0.349 e. The fraction of sp³-hybridized carbons (Fsp3) is 0.450. The van der Waals surface area contributed by atoms with E-state index in [1.54, 1.807) is 0 Å². The third-order valence-electron chi connectivity index (χ3n) is 4.52. The van der Waals surface area contributed by atoms with Gasteiger partial charge in [-0.1, -0.05) is 49.6 Å². The molecule has 1 N–H and O–H groups in total. The lowest BCUT2D eigenvalue weighted by Crippen LogP contribution is -2.42. The first-order valence-corrected chi connectivity index (χ1v) is 8.64. The molecule has 1 amide bonds. The van der Waals surface area contributed by atoms with E-state index in [0.717, 1.165) is 30.4 Å². The van der Waals surface area contributed by atoms with E-state index in [-0.39, 0.29) is 24.1 Å². The average Bonchev–Trinajstić information content (AvgIpc) is 2.61. The standard InChI is InChI=1S/C20H24N2O3/c1-14-7-9-16(10-8-14)11-17(12-21)20(24)25-13-19(23)22-18-6-4-3-5-15(18)2/h7-11,15,18H,3-6,13H2,1-2H3,(H,22,23)/b17-11+/t15-,18-/m1/s1. The zero-order valence-electron chi connectivity index (χ0n) is 14.7. The minimum Gasteiger partial charge on any atom is -0.451 e. The highest BCUT2D eigenvalue weighted by Crippen LogP contribution is 2.23. The number of nitrogens with zero attached hydrogens (tertiary/aromatic N) is 1. The molecule has 0 bridgehead atoms. The number of rotatable bonds is 5. The first kappa shape index (κ1) is 18.7. The first-order chi connectivity index (χ1) is 12.0. The second-order valence-electron chi connectivity index (χ2n) is 6.59. The predicted molar refractivity (Wildman–Crippen MR) is 95.3 cm³/mol. The molecule has 0 spiro atoms. The Morgan fingerprint density at radius 1 is 1.28 bits per heavy atom. The quantitative estimate of drug-likeness (QED) is 0.507. The summed E-state index contributed by atoms with van der Waals surface area (Å²) in [7, 11) is 0. The van der Waals surface area contributed by atoms with Gasteiger partial charge in [-0.05, 0) is 37.3 Å². The van der Waals surface area contributed by atoms with E-state index in [0.29, 0.717) is 5.92 Å². The van der Waals surface area contributed by atoms with Crippen LogP contribution in [0.25, 0.3) is 6.08 Å². The molecule has 2 atom stereocenters. The van der Waals surface area contributed by atoms with E-state index in [2.05, 4.69) is 12.2 Å². The van der Waals surface area contributed by atoms with Gasteiger partial charge in [-0.3, -0.25) is 4.79 Å². The first-order valence-electron chi connectivity index (χ1n) is 8.64. The summed E-state index contributed by atoms with van der Waals surface area (Å²) in [4.78, 5) is 24.0. The average molecular weight is 340 g/mol. The highest BCUT2D eigenvalue weighted by Gasteiger charge is 2.23. The number of carbonyl (C=O) groups is 2. The summed E-state index contributed by atoms with van der Waals surface area (Å²) in [6.45, 7) is 3.71. The van der Waals surface area contributed by atoms with Gasteiger partial charge in [0, 0.05) is 6.04 Å². The van der Waals surface area contributed by atoms with E-state index in [9.17, 15) is 9.59 Å². The van der Waals surface area contributed by atoms with Gasteiger partial charge in [0.05, 0.1) is 0 Å². The van der Waals surface area contributed by atoms with Crippen LogP contribution in [0, 0.1) is 24.2 Å². The highest BCUT2D eigenvalue weighted by atomic mass is 16.5. The lowest BCUT2D eigenvalue weighted by Gasteiger charge is -2.29. The number of nitrogens with one attached hydrogen (secondary N) is 1. The van der Waals surface area contributed by atoms with Crippen LogP contribution in [-0.2, 0) is 14.3 Å². The summed E-state index contributed by atoms with van der Waals surface area (Å²) < 4.78 is 4.99. The maximum atomic E-state index is 12.0. The van der Waals surface area contributed by atoms with Crippen molar-refractivity contribution >= 4 is 18.0 Å². The molecular formula is C20H24N2O3. The topological polar surface area (TPSA) is 79.2 Å². The summed E-state index contributed by atoms with van der Waals surface area (Å²) in [6.07, 6.45) is 5.81. The van der Waals surface area contributed by atoms with Crippen LogP contribution < -0.4 is 5.32 Å². The molecule has 5 heteroatoms. The van der Waals surface area contributed by atoms with Crippen LogP contribution in [0.5, 0.6) is 0 Å². The molecular weight excluding hydrogens is 316 g/mol. The van der Waals surface area contributed by atoms with Crippen LogP contribution in [0.1, 0.15) is 43.7 Å². The molecule has 132 valence electrons. The Balaban J connectivity index is 1.88. The van der Waals surface area contributed by atoms with Crippen LogP contribution in [0.15, 0.2) is 29.8 Å². The monoisotopic (exact) mass is 340 g/mol. The van der Waals surface area contributed by atoms with Crippen molar-refractivity contribution in [2.24, 2.45) is 5.92 Å².